The molecule has 3 rings (SSSR count). The minimum absolute atomic E-state index is 0. The molecule has 0 unspecified atom stereocenters. The standard InChI is InChI=1S/C14H20ClN3.2ClH/c15-14-4-3-12(10-17-14)13(9-11-1-2-11)18-7-5-16-6-8-18;;/h3-4,10-11,13,16H,1-2,5-9H2;2*1H/t13-;;/m0../s1. The van der Waals surface area contributed by atoms with E-state index in [0.717, 1.165) is 32.1 Å². The van der Waals surface area contributed by atoms with Crippen LogP contribution in [0.15, 0.2) is 18.3 Å². The lowest BCUT2D eigenvalue weighted by Crippen LogP contribution is -2.45. The number of pyridine rings is 1. The molecule has 0 radical (unpaired) electrons. The summed E-state index contributed by atoms with van der Waals surface area (Å²) in [5.74, 6) is 0.931. The average molecular weight is 339 g/mol. The molecule has 1 N–H and O–H groups in total. The lowest BCUT2D eigenvalue weighted by atomic mass is 10.0. The number of piperazine rings is 1. The van der Waals surface area contributed by atoms with E-state index in [9.17, 15) is 0 Å². The van der Waals surface area contributed by atoms with Gasteiger partial charge in [-0.05, 0) is 24.0 Å². The molecule has 0 spiro atoms. The zero-order valence-electron chi connectivity index (χ0n) is 11.4. The Kier molecular flexibility index (Phi) is 7.56. The van der Waals surface area contributed by atoms with E-state index in [0.29, 0.717) is 11.2 Å². The first-order valence-electron chi connectivity index (χ1n) is 6.89. The van der Waals surface area contributed by atoms with Gasteiger partial charge in [0.2, 0.25) is 0 Å². The molecule has 0 aromatic carbocycles. The third-order valence-electron chi connectivity index (χ3n) is 3.98. The molecule has 0 amide bonds. The Labute approximate surface area is 138 Å². The lowest BCUT2D eigenvalue weighted by molar-refractivity contribution is 0.160. The van der Waals surface area contributed by atoms with Crippen molar-refractivity contribution in [3.05, 3.63) is 29.0 Å². The number of aromatic nitrogens is 1. The molecule has 1 saturated carbocycles. The van der Waals surface area contributed by atoms with E-state index in [1.165, 1.54) is 24.8 Å². The van der Waals surface area contributed by atoms with Crippen molar-refractivity contribution in [1.82, 2.24) is 15.2 Å². The van der Waals surface area contributed by atoms with E-state index in [1.54, 1.807) is 0 Å². The fourth-order valence-corrected chi connectivity index (χ4v) is 2.86. The van der Waals surface area contributed by atoms with Gasteiger partial charge in [0.05, 0.1) is 0 Å². The molecular formula is C14H22Cl3N3. The van der Waals surface area contributed by atoms with Gasteiger partial charge >= 0.3 is 0 Å². The molecule has 1 aromatic heterocycles. The van der Waals surface area contributed by atoms with Crippen molar-refractivity contribution in [3.63, 3.8) is 0 Å². The van der Waals surface area contributed by atoms with Crippen molar-refractivity contribution in [2.24, 2.45) is 5.92 Å². The number of hydrogen-bond donors (Lipinski definition) is 1. The zero-order valence-corrected chi connectivity index (χ0v) is 13.8. The molecule has 3 nitrogen and oxygen atoms in total. The highest BCUT2D eigenvalue weighted by molar-refractivity contribution is 6.29. The smallest absolute Gasteiger partial charge is 0.129 e. The number of halogens is 3. The second-order valence-corrected chi connectivity index (χ2v) is 5.78. The number of rotatable bonds is 4. The first-order valence-corrected chi connectivity index (χ1v) is 7.27. The summed E-state index contributed by atoms with van der Waals surface area (Å²) >= 11 is 5.89. The molecule has 1 aromatic rings. The van der Waals surface area contributed by atoms with Gasteiger partial charge in [-0.15, -0.1) is 24.8 Å². The molecule has 2 aliphatic rings. The van der Waals surface area contributed by atoms with Crippen LogP contribution in [0, 0.1) is 5.92 Å². The van der Waals surface area contributed by atoms with Crippen molar-refractivity contribution in [2.75, 3.05) is 26.2 Å². The minimum atomic E-state index is 0. The van der Waals surface area contributed by atoms with Gasteiger partial charge in [0.25, 0.3) is 0 Å². The molecule has 1 aliphatic heterocycles. The predicted molar refractivity (Wildman–Crippen MR) is 88.3 cm³/mol. The van der Waals surface area contributed by atoms with Gasteiger partial charge in [0, 0.05) is 38.4 Å². The second-order valence-electron chi connectivity index (χ2n) is 5.40. The molecule has 1 saturated heterocycles. The summed E-state index contributed by atoms with van der Waals surface area (Å²) < 4.78 is 0. The molecule has 6 heteroatoms. The molecule has 2 fully saturated rings. The summed E-state index contributed by atoms with van der Waals surface area (Å²) in [6, 6.07) is 4.59. The van der Waals surface area contributed by atoms with Crippen LogP contribution in [0.4, 0.5) is 0 Å². The highest BCUT2D eigenvalue weighted by Crippen LogP contribution is 2.40. The molecule has 2 heterocycles. The topological polar surface area (TPSA) is 28.2 Å². The van der Waals surface area contributed by atoms with Crippen LogP contribution in [-0.4, -0.2) is 36.1 Å². The number of hydrogen-bond acceptors (Lipinski definition) is 3. The summed E-state index contributed by atoms with van der Waals surface area (Å²) in [4.78, 5) is 6.84. The Hall–Kier alpha value is -0.0600. The SMILES string of the molecule is Cl.Cl.Clc1ccc([C@H](CC2CC2)N2CCNCC2)cn1. The Morgan fingerprint density at radius 3 is 2.50 bits per heavy atom. The van der Waals surface area contributed by atoms with Crippen LogP contribution in [0.25, 0.3) is 0 Å². The minimum Gasteiger partial charge on any atom is -0.314 e. The number of nitrogens with zero attached hydrogens (tertiary/aromatic N) is 2. The van der Waals surface area contributed by atoms with Crippen LogP contribution in [0.5, 0.6) is 0 Å². The highest BCUT2D eigenvalue weighted by atomic mass is 35.5. The zero-order chi connectivity index (χ0) is 12.4. The van der Waals surface area contributed by atoms with E-state index in [2.05, 4.69) is 21.3 Å². The van der Waals surface area contributed by atoms with E-state index in [1.807, 2.05) is 12.3 Å². The van der Waals surface area contributed by atoms with Gasteiger partial charge in [-0.3, -0.25) is 4.90 Å². The Balaban J connectivity index is 0.000001000. The monoisotopic (exact) mass is 337 g/mol. The summed E-state index contributed by atoms with van der Waals surface area (Å²) in [6.07, 6.45) is 6.05. The third kappa shape index (κ3) is 4.74. The van der Waals surface area contributed by atoms with Crippen molar-refractivity contribution in [3.8, 4) is 0 Å². The maximum Gasteiger partial charge on any atom is 0.129 e. The van der Waals surface area contributed by atoms with Gasteiger partial charge < -0.3 is 5.32 Å². The Morgan fingerprint density at radius 2 is 1.95 bits per heavy atom. The maximum absolute atomic E-state index is 5.89. The van der Waals surface area contributed by atoms with Crippen molar-refractivity contribution < 1.29 is 0 Å². The number of nitrogens with one attached hydrogen (secondary N) is 1. The first-order chi connectivity index (χ1) is 8.83. The average Bonchev–Trinajstić information content (AvgIpc) is 3.22. The van der Waals surface area contributed by atoms with Crippen molar-refractivity contribution >= 4 is 36.4 Å². The van der Waals surface area contributed by atoms with E-state index < -0.39 is 0 Å². The second kappa shape index (κ2) is 8.40. The molecule has 114 valence electrons. The van der Waals surface area contributed by atoms with Gasteiger partial charge in [0.15, 0.2) is 0 Å². The van der Waals surface area contributed by atoms with E-state index in [4.69, 9.17) is 11.6 Å². The lowest BCUT2D eigenvalue weighted by Gasteiger charge is -2.35. The molecule has 1 aliphatic carbocycles. The quantitative estimate of drug-likeness (QED) is 0.854. The molecular weight excluding hydrogens is 317 g/mol. The predicted octanol–water partition coefficient (Wildman–Crippen LogP) is 3.33. The van der Waals surface area contributed by atoms with Gasteiger partial charge in [-0.25, -0.2) is 4.98 Å². The van der Waals surface area contributed by atoms with E-state index >= 15 is 0 Å². The van der Waals surface area contributed by atoms with Crippen LogP contribution in [-0.2, 0) is 0 Å². The van der Waals surface area contributed by atoms with E-state index in [-0.39, 0.29) is 24.8 Å². The van der Waals surface area contributed by atoms with Crippen molar-refractivity contribution in [2.45, 2.75) is 25.3 Å². The summed E-state index contributed by atoms with van der Waals surface area (Å²) in [6.45, 7) is 4.48. The fourth-order valence-electron chi connectivity index (χ4n) is 2.74. The van der Waals surface area contributed by atoms with Gasteiger partial charge in [-0.2, -0.15) is 0 Å². The van der Waals surface area contributed by atoms with Crippen LogP contribution in [0.2, 0.25) is 5.15 Å². The maximum atomic E-state index is 5.89. The normalized spacial score (nSPS) is 20.6. The Morgan fingerprint density at radius 1 is 1.25 bits per heavy atom. The third-order valence-corrected chi connectivity index (χ3v) is 4.20. The van der Waals surface area contributed by atoms with Crippen LogP contribution in [0.3, 0.4) is 0 Å². The van der Waals surface area contributed by atoms with Crippen molar-refractivity contribution in [1.29, 1.82) is 0 Å². The largest absolute Gasteiger partial charge is 0.314 e. The van der Waals surface area contributed by atoms with Gasteiger partial charge in [0.1, 0.15) is 5.15 Å². The van der Waals surface area contributed by atoms with Gasteiger partial charge in [-0.1, -0.05) is 30.5 Å². The van der Waals surface area contributed by atoms with Crippen LogP contribution in [0.1, 0.15) is 30.9 Å². The Bertz CT molecular complexity index is 389. The highest BCUT2D eigenvalue weighted by Gasteiger charge is 2.30. The first kappa shape index (κ1) is 18.0. The summed E-state index contributed by atoms with van der Waals surface area (Å²) in [7, 11) is 0. The molecule has 20 heavy (non-hydrogen) atoms. The summed E-state index contributed by atoms with van der Waals surface area (Å²) in [5, 5.41) is 4.01. The fraction of sp³-hybridized carbons (Fsp3) is 0.643. The van der Waals surface area contributed by atoms with Crippen LogP contribution < -0.4 is 5.32 Å². The summed E-state index contributed by atoms with van der Waals surface area (Å²) in [5.41, 5.74) is 1.33. The van der Waals surface area contributed by atoms with Crippen LogP contribution >= 0.6 is 36.4 Å². The molecule has 0 bridgehead atoms. The molecule has 1 atom stereocenters.